The van der Waals surface area contributed by atoms with Gasteiger partial charge in [0, 0.05) is 29.1 Å². The van der Waals surface area contributed by atoms with Gasteiger partial charge in [0.1, 0.15) is 0 Å². The molecule has 0 spiro atoms. The monoisotopic (exact) mass is 313 g/mol. The summed E-state index contributed by atoms with van der Waals surface area (Å²) in [6, 6.07) is 11.9. The molecule has 0 aliphatic carbocycles. The minimum Gasteiger partial charge on any atom is -0.348 e. The summed E-state index contributed by atoms with van der Waals surface area (Å²) in [5, 5.41) is 7.00. The highest BCUT2D eigenvalue weighted by atomic mass is 32.2. The van der Waals surface area contributed by atoms with Crippen LogP contribution >= 0.6 is 11.8 Å². The van der Waals surface area contributed by atoms with Crippen LogP contribution < -0.4 is 5.32 Å². The van der Waals surface area contributed by atoms with Crippen LogP contribution in [0.1, 0.15) is 16.3 Å². The lowest BCUT2D eigenvalue weighted by Gasteiger charge is -2.02. The number of amides is 1. The number of rotatable bonds is 5. The van der Waals surface area contributed by atoms with Gasteiger partial charge in [-0.15, -0.1) is 16.9 Å². The van der Waals surface area contributed by atoms with E-state index in [4.69, 9.17) is 0 Å². The Morgan fingerprint density at radius 1 is 1.27 bits per heavy atom. The molecule has 0 aliphatic rings. The highest BCUT2D eigenvalue weighted by molar-refractivity contribution is 7.99. The fourth-order valence-corrected chi connectivity index (χ4v) is 2.72. The number of hydrogen-bond acceptors (Lipinski definition) is 5. The lowest BCUT2D eigenvalue weighted by molar-refractivity contribution is 0.0946. The maximum absolute atomic E-state index is 12.1. The quantitative estimate of drug-likeness (QED) is 0.576. The summed E-state index contributed by atoms with van der Waals surface area (Å²) >= 11 is 1.69. The molecule has 0 saturated heterocycles. The third kappa shape index (κ3) is 3.25. The second kappa shape index (κ2) is 6.57. The molecule has 1 N–H and O–H groups in total. The van der Waals surface area contributed by atoms with Crippen LogP contribution in [0.25, 0.3) is 5.78 Å². The van der Waals surface area contributed by atoms with Crippen molar-refractivity contribution in [3.63, 3.8) is 0 Å². The van der Waals surface area contributed by atoms with E-state index in [0.717, 1.165) is 11.4 Å². The van der Waals surface area contributed by atoms with Crippen molar-refractivity contribution in [2.45, 2.75) is 11.8 Å². The van der Waals surface area contributed by atoms with E-state index in [2.05, 4.69) is 20.4 Å². The van der Waals surface area contributed by atoms with Gasteiger partial charge >= 0.3 is 0 Å². The first-order valence-electron chi connectivity index (χ1n) is 6.88. The summed E-state index contributed by atoms with van der Waals surface area (Å²) in [5.74, 6) is 1.09. The van der Waals surface area contributed by atoms with E-state index in [0.29, 0.717) is 12.3 Å². The summed E-state index contributed by atoms with van der Waals surface area (Å²) in [6.07, 6.45) is 1.65. The summed E-state index contributed by atoms with van der Waals surface area (Å²) in [5.41, 5.74) is 0.885. The summed E-state index contributed by atoms with van der Waals surface area (Å²) in [7, 11) is 0. The molecule has 0 radical (unpaired) electrons. The first-order chi connectivity index (χ1) is 10.7. The summed E-state index contributed by atoms with van der Waals surface area (Å²) < 4.78 is 1.56. The van der Waals surface area contributed by atoms with Crippen LogP contribution in [0.5, 0.6) is 0 Å². The number of aromatic nitrogens is 4. The number of hydrogen-bond donors (Lipinski definition) is 1. The molecule has 0 saturated carbocycles. The Morgan fingerprint density at radius 2 is 2.09 bits per heavy atom. The van der Waals surface area contributed by atoms with Crippen LogP contribution in [0.2, 0.25) is 0 Å². The van der Waals surface area contributed by atoms with E-state index < -0.39 is 0 Å². The number of aryl methyl sites for hydroxylation is 1. The first kappa shape index (κ1) is 14.5. The van der Waals surface area contributed by atoms with Crippen molar-refractivity contribution in [1.29, 1.82) is 0 Å². The van der Waals surface area contributed by atoms with E-state index in [1.165, 1.54) is 4.90 Å². The zero-order chi connectivity index (χ0) is 15.4. The average Bonchev–Trinajstić information content (AvgIpc) is 2.98. The van der Waals surface area contributed by atoms with Crippen LogP contribution in [0.15, 0.2) is 47.5 Å². The summed E-state index contributed by atoms with van der Waals surface area (Å²) in [4.78, 5) is 21.5. The lowest BCUT2D eigenvalue weighted by atomic mass is 10.4. The van der Waals surface area contributed by atoms with E-state index >= 15 is 0 Å². The number of carbonyl (C=O) groups excluding carboxylic acids is 1. The maximum Gasteiger partial charge on any atom is 0.291 e. The fraction of sp³-hybridized carbons (Fsp3) is 0.200. The van der Waals surface area contributed by atoms with Gasteiger partial charge in [-0.25, -0.2) is 9.50 Å². The molecular weight excluding hydrogens is 298 g/mol. The largest absolute Gasteiger partial charge is 0.348 e. The van der Waals surface area contributed by atoms with Crippen molar-refractivity contribution in [3.05, 3.63) is 54.1 Å². The molecule has 7 heteroatoms. The van der Waals surface area contributed by atoms with Gasteiger partial charge in [0.25, 0.3) is 11.7 Å². The zero-order valence-corrected chi connectivity index (χ0v) is 12.9. The van der Waals surface area contributed by atoms with Gasteiger partial charge in [0.05, 0.1) is 0 Å². The van der Waals surface area contributed by atoms with Gasteiger partial charge < -0.3 is 5.32 Å². The van der Waals surface area contributed by atoms with E-state index in [1.807, 2.05) is 43.3 Å². The fourth-order valence-electron chi connectivity index (χ4n) is 1.93. The molecular formula is C15H15N5OS. The van der Waals surface area contributed by atoms with Gasteiger partial charge in [-0.3, -0.25) is 4.79 Å². The smallest absolute Gasteiger partial charge is 0.291 e. The number of nitrogens with one attached hydrogen (secondary N) is 1. The van der Waals surface area contributed by atoms with Gasteiger partial charge in [0.2, 0.25) is 5.82 Å². The molecule has 2 aromatic heterocycles. The predicted molar refractivity (Wildman–Crippen MR) is 85.0 cm³/mol. The SMILES string of the molecule is Cc1ccnc2nc(C(=O)NCCSc3ccccc3)nn12. The molecule has 0 atom stereocenters. The van der Waals surface area contributed by atoms with Crippen LogP contribution in [-0.4, -0.2) is 37.8 Å². The minimum absolute atomic E-state index is 0.145. The average molecular weight is 313 g/mol. The number of fused-ring (bicyclic) bond motifs is 1. The second-order valence-corrected chi connectivity index (χ2v) is 5.82. The van der Waals surface area contributed by atoms with Crippen LogP contribution in [0, 0.1) is 6.92 Å². The molecule has 22 heavy (non-hydrogen) atoms. The first-order valence-corrected chi connectivity index (χ1v) is 7.87. The third-order valence-electron chi connectivity index (χ3n) is 3.03. The van der Waals surface area contributed by atoms with Gasteiger partial charge in [-0.2, -0.15) is 4.98 Å². The number of nitrogens with zero attached hydrogens (tertiary/aromatic N) is 4. The van der Waals surface area contributed by atoms with E-state index in [-0.39, 0.29) is 11.7 Å². The van der Waals surface area contributed by atoms with E-state index in [1.54, 1.807) is 22.5 Å². The number of thioether (sulfide) groups is 1. The highest BCUT2D eigenvalue weighted by Gasteiger charge is 2.13. The molecule has 6 nitrogen and oxygen atoms in total. The Morgan fingerprint density at radius 3 is 2.86 bits per heavy atom. The second-order valence-electron chi connectivity index (χ2n) is 4.65. The van der Waals surface area contributed by atoms with Crippen molar-refractivity contribution >= 4 is 23.4 Å². The van der Waals surface area contributed by atoms with Gasteiger partial charge in [-0.05, 0) is 25.1 Å². The Labute approximate surface area is 132 Å². The zero-order valence-electron chi connectivity index (χ0n) is 12.1. The molecule has 0 bridgehead atoms. The molecule has 0 aliphatic heterocycles. The standard InChI is InChI=1S/C15H15N5OS/c1-11-7-8-17-15-18-13(19-20(11)15)14(21)16-9-10-22-12-5-3-2-4-6-12/h2-8H,9-10H2,1H3,(H,16,21). The van der Waals surface area contributed by atoms with E-state index in [9.17, 15) is 4.79 Å². The van der Waals surface area contributed by atoms with Crippen LogP contribution in [0.4, 0.5) is 0 Å². The van der Waals surface area contributed by atoms with Crippen LogP contribution in [0.3, 0.4) is 0 Å². The Kier molecular flexibility index (Phi) is 4.34. The molecule has 1 aromatic carbocycles. The molecule has 0 fully saturated rings. The molecule has 2 heterocycles. The Balaban J connectivity index is 1.56. The Hall–Kier alpha value is -2.41. The van der Waals surface area contributed by atoms with Gasteiger partial charge in [-0.1, -0.05) is 18.2 Å². The number of benzene rings is 1. The highest BCUT2D eigenvalue weighted by Crippen LogP contribution is 2.15. The topological polar surface area (TPSA) is 72.2 Å². The normalized spacial score (nSPS) is 10.8. The molecule has 3 aromatic rings. The lowest BCUT2D eigenvalue weighted by Crippen LogP contribution is -2.26. The van der Waals surface area contributed by atoms with Crippen molar-refractivity contribution in [3.8, 4) is 0 Å². The Bertz CT molecular complexity index is 787. The van der Waals surface area contributed by atoms with Crippen LogP contribution in [-0.2, 0) is 0 Å². The maximum atomic E-state index is 12.1. The molecule has 1 amide bonds. The van der Waals surface area contributed by atoms with Crippen molar-refractivity contribution < 1.29 is 4.79 Å². The predicted octanol–water partition coefficient (Wildman–Crippen LogP) is 1.95. The number of carbonyl (C=O) groups is 1. The van der Waals surface area contributed by atoms with Crippen molar-refractivity contribution in [1.82, 2.24) is 24.9 Å². The molecule has 0 unspecified atom stereocenters. The van der Waals surface area contributed by atoms with Crippen molar-refractivity contribution in [2.75, 3.05) is 12.3 Å². The third-order valence-corrected chi connectivity index (χ3v) is 4.05. The van der Waals surface area contributed by atoms with Gasteiger partial charge in [0.15, 0.2) is 0 Å². The van der Waals surface area contributed by atoms with Crippen molar-refractivity contribution in [2.24, 2.45) is 0 Å². The molecule has 3 rings (SSSR count). The molecule has 112 valence electrons. The minimum atomic E-state index is -0.279. The summed E-state index contributed by atoms with van der Waals surface area (Å²) in [6.45, 7) is 2.45.